The number of carboxylic acid groups (broad SMARTS) is 1. The van der Waals surface area contributed by atoms with Gasteiger partial charge in [0.2, 0.25) is 5.78 Å². The van der Waals surface area contributed by atoms with E-state index >= 15 is 0 Å². The Labute approximate surface area is 147 Å². The van der Waals surface area contributed by atoms with Crippen molar-refractivity contribution in [2.75, 3.05) is 4.90 Å². The third-order valence-electron chi connectivity index (χ3n) is 3.89. The molecule has 2 heterocycles. The molecule has 2 aromatic rings. The number of aromatic nitrogens is 1. The van der Waals surface area contributed by atoms with Crippen LogP contribution in [0.25, 0.3) is 0 Å². The maximum Gasteiger partial charge on any atom is 0.317 e. The number of rotatable bonds is 3. The molecule has 8 heteroatoms. The molecule has 124 valence electrons. The highest BCUT2D eigenvalue weighted by Gasteiger charge is 2.53. The molecule has 1 saturated heterocycles. The zero-order chi connectivity index (χ0) is 18.1. The van der Waals surface area contributed by atoms with Gasteiger partial charge < -0.3 is 5.11 Å². The molecule has 0 spiro atoms. The van der Waals surface area contributed by atoms with E-state index < -0.39 is 29.6 Å². The van der Waals surface area contributed by atoms with Crippen molar-refractivity contribution in [3.63, 3.8) is 0 Å². The number of nitriles is 1. The number of halogens is 1. The van der Waals surface area contributed by atoms with Crippen LogP contribution in [-0.4, -0.2) is 27.8 Å². The van der Waals surface area contributed by atoms with Gasteiger partial charge in [0.25, 0.3) is 5.91 Å². The van der Waals surface area contributed by atoms with E-state index in [9.17, 15) is 19.5 Å². The average molecular weight is 356 g/mol. The van der Waals surface area contributed by atoms with Crippen molar-refractivity contribution in [2.45, 2.75) is 6.04 Å². The third kappa shape index (κ3) is 2.84. The van der Waals surface area contributed by atoms with Gasteiger partial charge in [-0.1, -0.05) is 23.7 Å². The van der Waals surface area contributed by atoms with Crippen LogP contribution in [0.1, 0.15) is 17.2 Å². The number of carboxylic acids is 1. The highest BCUT2D eigenvalue weighted by Crippen LogP contribution is 2.39. The molecule has 25 heavy (non-hydrogen) atoms. The molecule has 1 amide bonds. The Morgan fingerprint density at radius 1 is 1.28 bits per heavy atom. The van der Waals surface area contributed by atoms with Gasteiger partial charge in [-0.25, -0.2) is 4.98 Å². The Hall–Kier alpha value is -3.24. The van der Waals surface area contributed by atoms with Crippen molar-refractivity contribution >= 4 is 35.1 Å². The van der Waals surface area contributed by atoms with Crippen molar-refractivity contribution in [1.82, 2.24) is 4.98 Å². The molecular formula is C17H10ClN3O4. The Morgan fingerprint density at radius 3 is 2.64 bits per heavy atom. The summed E-state index contributed by atoms with van der Waals surface area (Å²) in [6.07, 6.45) is 1.30. The predicted molar refractivity (Wildman–Crippen MR) is 86.8 cm³/mol. The standard InChI is InChI=1S/C17H10ClN3O4/c18-11-4-5-12(20-8-11)21-14(10-3-1-2-9(6-10)7-19)13(17(24)25)15(22)16(21)23/h1-6,8,13-14H,(H,24,25). The fourth-order valence-corrected chi connectivity index (χ4v) is 2.92. The highest BCUT2D eigenvalue weighted by molar-refractivity contribution is 6.47. The summed E-state index contributed by atoms with van der Waals surface area (Å²) in [6.45, 7) is 0. The lowest BCUT2D eigenvalue weighted by Gasteiger charge is -2.25. The number of hydrogen-bond donors (Lipinski definition) is 1. The molecule has 2 atom stereocenters. The molecule has 1 N–H and O–H groups in total. The molecule has 0 bridgehead atoms. The molecule has 1 aromatic carbocycles. The fourth-order valence-electron chi connectivity index (χ4n) is 2.81. The molecule has 7 nitrogen and oxygen atoms in total. The van der Waals surface area contributed by atoms with Crippen LogP contribution in [0.3, 0.4) is 0 Å². The number of pyridine rings is 1. The molecule has 1 fully saturated rings. The van der Waals surface area contributed by atoms with Gasteiger partial charge in [0.1, 0.15) is 11.7 Å². The van der Waals surface area contributed by atoms with E-state index in [1.54, 1.807) is 18.2 Å². The van der Waals surface area contributed by atoms with E-state index in [-0.39, 0.29) is 11.4 Å². The maximum absolute atomic E-state index is 12.4. The quantitative estimate of drug-likeness (QED) is 0.665. The molecule has 0 saturated carbocycles. The van der Waals surface area contributed by atoms with Gasteiger partial charge in [0, 0.05) is 6.20 Å². The summed E-state index contributed by atoms with van der Waals surface area (Å²) in [4.78, 5) is 41.3. The SMILES string of the molecule is N#Cc1cccc(C2C(C(=O)O)C(=O)C(=O)N2c2ccc(Cl)cn2)c1. The summed E-state index contributed by atoms with van der Waals surface area (Å²) in [6, 6.07) is 9.89. The lowest BCUT2D eigenvalue weighted by Crippen LogP contribution is -2.31. The second kappa shape index (κ2) is 6.34. The van der Waals surface area contributed by atoms with Crippen molar-refractivity contribution in [3.05, 3.63) is 58.7 Å². The van der Waals surface area contributed by atoms with Crippen LogP contribution in [0, 0.1) is 17.2 Å². The van der Waals surface area contributed by atoms with Gasteiger partial charge in [0.05, 0.1) is 22.7 Å². The van der Waals surface area contributed by atoms with E-state index in [1.165, 1.54) is 24.4 Å². The minimum atomic E-state index is -1.58. The minimum Gasteiger partial charge on any atom is -0.481 e. The number of carbonyl (C=O) groups is 3. The zero-order valence-electron chi connectivity index (χ0n) is 12.6. The Morgan fingerprint density at radius 2 is 2.04 bits per heavy atom. The topological polar surface area (TPSA) is 111 Å². The number of ketones is 1. The number of hydrogen-bond acceptors (Lipinski definition) is 5. The van der Waals surface area contributed by atoms with Gasteiger partial charge in [-0.05, 0) is 29.8 Å². The Bertz CT molecular complexity index is 920. The number of nitrogens with zero attached hydrogens (tertiary/aromatic N) is 3. The van der Waals surface area contributed by atoms with Crippen LogP contribution in [0.15, 0.2) is 42.6 Å². The van der Waals surface area contributed by atoms with E-state index in [4.69, 9.17) is 16.9 Å². The lowest BCUT2D eigenvalue weighted by atomic mass is 9.92. The van der Waals surface area contributed by atoms with Gasteiger partial charge in [-0.3, -0.25) is 19.3 Å². The number of benzene rings is 1. The van der Waals surface area contributed by atoms with Crippen LogP contribution >= 0.6 is 11.6 Å². The van der Waals surface area contributed by atoms with E-state index in [2.05, 4.69) is 4.98 Å². The maximum atomic E-state index is 12.4. The monoisotopic (exact) mass is 355 g/mol. The molecular weight excluding hydrogens is 346 g/mol. The largest absolute Gasteiger partial charge is 0.481 e. The van der Waals surface area contributed by atoms with E-state index in [1.807, 2.05) is 6.07 Å². The van der Waals surface area contributed by atoms with Crippen molar-refractivity contribution in [3.8, 4) is 6.07 Å². The average Bonchev–Trinajstić information content (AvgIpc) is 2.87. The third-order valence-corrected chi connectivity index (χ3v) is 4.11. The molecule has 1 aliphatic heterocycles. The first-order valence-electron chi connectivity index (χ1n) is 7.16. The van der Waals surface area contributed by atoms with Crippen LogP contribution < -0.4 is 4.90 Å². The summed E-state index contributed by atoms with van der Waals surface area (Å²) in [7, 11) is 0. The molecule has 1 aliphatic rings. The van der Waals surface area contributed by atoms with Crippen LogP contribution in [0.2, 0.25) is 5.02 Å². The lowest BCUT2D eigenvalue weighted by molar-refractivity contribution is -0.147. The summed E-state index contributed by atoms with van der Waals surface area (Å²) in [5.41, 5.74) is 0.653. The first-order chi connectivity index (χ1) is 11.9. The highest BCUT2D eigenvalue weighted by atomic mass is 35.5. The van der Waals surface area contributed by atoms with Gasteiger partial charge in [-0.15, -0.1) is 0 Å². The molecule has 0 radical (unpaired) electrons. The molecule has 1 aromatic heterocycles. The summed E-state index contributed by atoms with van der Waals surface area (Å²) < 4.78 is 0. The number of amides is 1. The van der Waals surface area contributed by atoms with Crippen molar-refractivity contribution in [1.29, 1.82) is 5.26 Å². The first kappa shape index (κ1) is 16.6. The van der Waals surface area contributed by atoms with Crippen LogP contribution in [-0.2, 0) is 14.4 Å². The minimum absolute atomic E-state index is 0.110. The number of aliphatic carboxylic acids is 1. The summed E-state index contributed by atoms with van der Waals surface area (Å²) in [5.74, 6) is -4.88. The normalized spacial score (nSPS) is 19.8. The molecule has 0 aliphatic carbocycles. The number of carbonyl (C=O) groups excluding carboxylic acids is 2. The van der Waals surface area contributed by atoms with Crippen molar-refractivity contribution < 1.29 is 19.5 Å². The van der Waals surface area contributed by atoms with E-state index in [0.29, 0.717) is 10.6 Å². The van der Waals surface area contributed by atoms with Gasteiger partial charge >= 0.3 is 5.97 Å². The second-order valence-electron chi connectivity index (χ2n) is 5.37. The van der Waals surface area contributed by atoms with Gasteiger partial charge in [-0.2, -0.15) is 5.26 Å². The first-order valence-corrected chi connectivity index (χ1v) is 7.53. The Balaban J connectivity index is 2.18. The fraction of sp³-hybridized carbons (Fsp3) is 0.118. The summed E-state index contributed by atoms with van der Waals surface area (Å²) in [5, 5.41) is 18.9. The van der Waals surface area contributed by atoms with Crippen LogP contribution in [0.4, 0.5) is 5.82 Å². The summed E-state index contributed by atoms with van der Waals surface area (Å²) >= 11 is 5.79. The van der Waals surface area contributed by atoms with E-state index in [0.717, 1.165) is 4.90 Å². The predicted octanol–water partition coefficient (Wildman–Crippen LogP) is 1.96. The Kier molecular flexibility index (Phi) is 4.21. The van der Waals surface area contributed by atoms with Crippen molar-refractivity contribution in [2.24, 2.45) is 5.92 Å². The zero-order valence-corrected chi connectivity index (χ0v) is 13.3. The number of anilines is 1. The number of Topliss-reactive ketones (excluding diaryl/α,β-unsaturated/α-hetero) is 1. The van der Waals surface area contributed by atoms with Crippen LogP contribution in [0.5, 0.6) is 0 Å². The molecule has 2 unspecified atom stereocenters. The van der Waals surface area contributed by atoms with Gasteiger partial charge in [0.15, 0.2) is 0 Å². The molecule has 3 rings (SSSR count). The second-order valence-corrected chi connectivity index (χ2v) is 5.81. The smallest absolute Gasteiger partial charge is 0.317 e.